The monoisotopic (exact) mass is 336 g/mol. The lowest BCUT2D eigenvalue weighted by molar-refractivity contribution is 0.0951. The highest BCUT2D eigenvalue weighted by Gasteiger charge is 2.06. The number of nitrogens with zero attached hydrogens (tertiary/aromatic N) is 1. The Morgan fingerprint density at radius 3 is 2.09 bits per heavy atom. The minimum absolute atomic E-state index is 0. The van der Waals surface area contributed by atoms with E-state index < -0.39 is 0 Å². The maximum Gasteiger partial charge on any atom is 0.251 e. The number of nitrogens with one attached hydrogen (secondary N) is 1. The average Bonchev–Trinajstić information content (AvgIpc) is 2.55. The van der Waals surface area contributed by atoms with Gasteiger partial charge in [-0.05, 0) is 55.8 Å². The maximum absolute atomic E-state index is 12.8. The van der Waals surface area contributed by atoms with Gasteiger partial charge in [-0.3, -0.25) is 4.79 Å². The van der Waals surface area contributed by atoms with Crippen molar-refractivity contribution in [1.82, 2.24) is 5.32 Å². The van der Waals surface area contributed by atoms with Crippen molar-refractivity contribution in [3.05, 3.63) is 65.5 Å². The van der Waals surface area contributed by atoms with Gasteiger partial charge in [0.15, 0.2) is 0 Å². The van der Waals surface area contributed by atoms with Crippen molar-refractivity contribution < 1.29 is 9.18 Å². The van der Waals surface area contributed by atoms with Crippen molar-refractivity contribution in [1.29, 1.82) is 0 Å². The predicted molar refractivity (Wildman–Crippen MR) is 94.8 cm³/mol. The third-order valence-electron chi connectivity index (χ3n) is 3.62. The zero-order valence-corrected chi connectivity index (χ0v) is 14.2. The molecule has 2 aromatic carbocycles. The van der Waals surface area contributed by atoms with E-state index in [4.69, 9.17) is 0 Å². The third-order valence-corrected chi connectivity index (χ3v) is 3.62. The minimum Gasteiger partial charge on any atom is -0.372 e. The first-order valence-electron chi connectivity index (χ1n) is 7.51. The molecule has 0 saturated carbocycles. The SMILES string of the molecule is CCN(CC)c1ccc(CNC(=O)c2ccc(F)cc2)cc1.Cl. The van der Waals surface area contributed by atoms with E-state index in [1.54, 1.807) is 0 Å². The molecule has 0 heterocycles. The lowest BCUT2D eigenvalue weighted by Crippen LogP contribution is -2.23. The van der Waals surface area contributed by atoms with Crippen molar-refractivity contribution in [3.8, 4) is 0 Å². The molecule has 0 aliphatic rings. The Bertz CT molecular complexity index is 610. The van der Waals surface area contributed by atoms with Gasteiger partial charge in [0, 0.05) is 30.9 Å². The highest BCUT2D eigenvalue weighted by Crippen LogP contribution is 2.15. The van der Waals surface area contributed by atoms with Gasteiger partial charge in [-0.25, -0.2) is 4.39 Å². The molecule has 0 aromatic heterocycles. The summed E-state index contributed by atoms with van der Waals surface area (Å²) in [5.74, 6) is -0.545. The zero-order valence-electron chi connectivity index (χ0n) is 13.4. The van der Waals surface area contributed by atoms with Crippen LogP contribution < -0.4 is 10.2 Å². The Balaban J connectivity index is 0.00000264. The second kappa shape index (κ2) is 9.16. The Kier molecular flexibility index (Phi) is 7.55. The molecular formula is C18H22ClFN2O. The summed E-state index contributed by atoms with van der Waals surface area (Å²) < 4.78 is 12.8. The van der Waals surface area contributed by atoms with E-state index in [-0.39, 0.29) is 24.1 Å². The van der Waals surface area contributed by atoms with Crippen molar-refractivity contribution in [2.24, 2.45) is 0 Å². The summed E-state index contributed by atoms with van der Waals surface area (Å²) in [6.45, 7) is 6.64. The summed E-state index contributed by atoms with van der Waals surface area (Å²) >= 11 is 0. The highest BCUT2D eigenvalue weighted by atomic mass is 35.5. The fourth-order valence-electron chi connectivity index (χ4n) is 2.30. The molecule has 5 heteroatoms. The quantitative estimate of drug-likeness (QED) is 0.864. The highest BCUT2D eigenvalue weighted by molar-refractivity contribution is 5.94. The topological polar surface area (TPSA) is 32.3 Å². The summed E-state index contributed by atoms with van der Waals surface area (Å²) in [5.41, 5.74) is 2.67. The third kappa shape index (κ3) is 5.25. The molecule has 3 nitrogen and oxygen atoms in total. The number of rotatable bonds is 6. The van der Waals surface area contributed by atoms with Crippen LogP contribution in [0.15, 0.2) is 48.5 Å². The molecule has 0 spiro atoms. The first-order valence-corrected chi connectivity index (χ1v) is 7.51. The normalized spacial score (nSPS) is 9.87. The maximum atomic E-state index is 12.8. The van der Waals surface area contributed by atoms with E-state index in [9.17, 15) is 9.18 Å². The lowest BCUT2D eigenvalue weighted by Gasteiger charge is -2.21. The largest absolute Gasteiger partial charge is 0.372 e. The molecule has 0 fully saturated rings. The molecule has 0 unspecified atom stereocenters. The summed E-state index contributed by atoms with van der Waals surface area (Å²) in [6, 6.07) is 13.7. The van der Waals surface area contributed by atoms with Gasteiger partial charge >= 0.3 is 0 Å². The second-order valence-electron chi connectivity index (χ2n) is 5.03. The molecule has 1 N–H and O–H groups in total. The van der Waals surface area contributed by atoms with Crippen LogP contribution >= 0.6 is 12.4 Å². The molecule has 1 amide bonds. The molecule has 0 radical (unpaired) electrons. The Morgan fingerprint density at radius 2 is 1.57 bits per heavy atom. The lowest BCUT2D eigenvalue weighted by atomic mass is 10.1. The van der Waals surface area contributed by atoms with E-state index in [1.807, 2.05) is 12.1 Å². The summed E-state index contributed by atoms with van der Waals surface area (Å²) in [4.78, 5) is 14.2. The minimum atomic E-state index is -0.344. The number of benzene rings is 2. The fraction of sp³-hybridized carbons (Fsp3) is 0.278. The van der Waals surface area contributed by atoms with Gasteiger partial charge in [0.25, 0.3) is 5.91 Å². The number of hydrogen-bond acceptors (Lipinski definition) is 2. The second-order valence-corrected chi connectivity index (χ2v) is 5.03. The van der Waals surface area contributed by atoms with Crippen molar-refractivity contribution in [2.45, 2.75) is 20.4 Å². The molecule has 2 rings (SSSR count). The van der Waals surface area contributed by atoms with Crippen LogP contribution in [0, 0.1) is 5.82 Å². The van der Waals surface area contributed by atoms with E-state index in [2.05, 4.69) is 36.2 Å². The first kappa shape index (κ1) is 19.0. The smallest absolute Gasteiger partial charge is 0.251 e. The van der Waals surface area contributed by atoms with Gasteiger partial charge in [-0.1, -0.05) is 12.1 Å². The van der Waals surface area contributed by atoms with Crippen LogP contribution in [0.5, 0.6) is 0 Å². The number of carbonyl (C=O) groups excluding carboxylic acids is 1. The summed E-state index contributed by atoms with van der Waals surface area (Å²) in [7, 11) is 0. The molecular weight excluding hydrogens is 315 g/mol. The van der Waals surface area contributed by atoms with Gasteiger partial charge in [0.2, 0.25) is 0 Å². The molecule has 0 atom stereocenters. The van der Waals surface area contributed by atoms with E-state index in [1.165, 1.54) is 30.0 Å². The number of halogens is 2. The molecule has 124 valence electrons. The molecule has 0 saturated heterocycles. The number of amides is 1. The predicted octanol–water partition coefficient (Wildman–Crippen LogP) is 4.02. The van der Waals surface area contributed by atoms with Gasteiger partial charge in [0.05, 0.1) is 0 Å². The number of hydrogen-bond donors (Lipinski definition) is 1. The number of carbonyl (C=O) groups is 1. The van der Waals surface area contributed by atoms with Crippen LogP contribution in [0.1, 0.15) is 29.8 Å². The van der Waals surface area contributed by atoms with Crippen molar-refractivity contribution in [3.63, 3.8) is 0 Å². The van der Waals surface area contributed by atoms with Crippen LogP contribution in [0.3, 0.4) is 0 Å². The average molecular weight is 337 g/mol. The Morgan fingerprint density at radius 1 is 1.00 bits per heavy atom. The van der Waals surface area contributed by atoms with Crippen LogP contribution in [0.2, 0.25) is 0 Å². The van der Waals surface area contributed by atoms with Gasteiger partial charge in [-0.15, -0.1) is 12.4 Å². The van der Waals surface area contributed by atoms with E-state index >= 15 is 0 Å². The van der Waals surface area contributed by atoms with Gasteiger partial charge < -0.3 is 10.2 Å². The Hall–Kier alpha value is -2.07. The van der Waals surface area contributed by atoms with Crippen LogP contribution in [-0.4, -0.2) is 19.0 Å². The number of anilines is 1. The zero-order chi connectivity index (χ0) is 15.9. The molecule has 0 aliphatic carbocycles. The van der Waals surface area contributed by atoms with Crippen LogP contribution in [-0.2, 0) is 6.54 Å². The molecule has 23 heavy (non-hydrogen) atoms. The van der Waals surface area contributed by atoms with Gasteiger partial charge in [-0.2, -0.15) is 0 Å². The fourth-order valence-corrected chi connectivity index (χ4v) is 2.30. The van der Waals surface area contributed by atoms with Crippen LogP contribution in [0.25, 0.3) is 0 Å². The molecule has 2 aromatic rings. The summed E-state index contributed by atoms with van der Waals surface area (Å²) in [6.07, 6.45) is 0. The Labute approximate surface area is 142 Å². The summed E-state index contributed by atoms with van der Waals surface area (Å²) in [5, 5.41) is 2.84. The standard InChI is InChI=1S/C18H21FN2O.ClH/c1-3-21(4-2)17-11-5-14(6-12-17)13-20-18(22)15-7-9-16(19)10-8-15;/h5-12H,3-4,13H2,1-2H3,(H,20,22);1H. The molecule has 0 aliphatic heterocycles. The van der Waals surface area contributed by atoms with E-state index in [0.717, 1.165) is 18.7 Å². The van der Waals surface area contributed by atoms with Crippen molar-refractivity contribution >= 4 is 24.0 Å². The first-order chi connectivity index (χ1) is 10.6. The molecule has 0 bridgehead atoms. The van der Waals surface area contributed by atoms with E-state index in [0.29, 0.717) is 12.1 Å². The van der Waals surface area contributed by atoms with Crippen LogP contribution in [0.4, 0.5) is 10.1 Å². The van der Waals surface area contributed by atoms with Gasteiger partial charge in [0.1, 0.15) is 5.82 Å². The van der Waals surface area contributed by atoms with Crippen molar-refractivity contribution in [2.75, 3.05) is 18.0 Å².